The van der Waals surface area contributed by atoms with Crippen molar-refractivity contribution in [2.45, 2.75) is 0 Å². The fourth-order valence-electron chi connectivity index (χ4n) is 2.12. The zero-order valence-electron chi connectivity index (χ0n) is 8.00. The standard InChI is InChI=1S/C14H8Cl/c15-9-14-12-7-3-1-5-10(12)11-6-2-4-8-13(11)14/h1-8H. The van der Waals surface area contributed by atoms with Gasteiger partial charge in [-0.05, 0) is 22.3 Å². The van der Waals surface area contributed by atoms with E-state index >= 15 is 0 Å². The van der Waals surface area contributed by atoms with Crippen LogP contribution in [0.3, 0.4) is 0 Å². The lowest BCUT2D eigenvalue weighted by atomic mass is 10.1. The van der Waals surface area contributed by atoms with Crippen molar-refractivity contribution in [2.24, 2.45) is 0 Å². The molecule has 15 heavy (non-hydrogen) atoms. The molecule has 0 nitrogen and oxygen atoms in total. The monoisotopic (exact) mass is 211 g/mol. The molecule has 0 aliphatic heterocycles. The summed E-state index contributed by atoms with van der Waals surface area (Å²) in [6.45, 7) is 0. The number of benzene rings is 2. The average Bonchev–Trinajstić information content (AvgIpc) is 2.63. The van der Waals surface area contributed by atoms with Gasteiger partial charge in [-0.3, -0.25) is 0 Å². The highest BCUT2D eigenvalue weighted by Crippen LogP contribution is 2.43. The molecule has 3 rings (SSSR count). The minimum atomic E-state index is 1.00. The molecule has 0 bridgehead atoms. The summed E-state index contributed by atoms with van der Waals surface area (Å²) >= 11 is 5.78. The molecule has 0 heterocycles. The Labute approximate surface area is 93.8 Å². The van der Waals surface area contributed by atoms with Gasteiger partial charge in [0.25, 0.3) is 0 Å². The molecule has 1 aliphatic carbocycles. The first-order valence-electron chi connectivity index (χ1n) is 4.84. The van der Waals surface area contributed by atoms with Crippen LogP contribution in [0.4, 0.5) is 0 Å². The molecule has 0 fully saturated rings. The lowest BCUT2D eigenvalue weighted by molar-refractivity contribution is 1.65. The van der Waals surface area contributed by atoms with E-state index in [0.717, 1.165) is 5.57 Å². The molecule has 0 spiro atoms. The maximum absolute atomic E-state index is 5.78. The van der Waals surface area contributed by atoms with Crippen LogP contribution >= 0.6 is 11.6 Å². The summed E-state index contributed by atoms with van der Waals surface area (Å²) < 4.78 is 0. The summed E-state index contributed by atoms with van der Waals surface area (Å²) in [4.78, 5) is 0. The Kier molecular flexibility index (Phi) is 1.90. The normalized spacial score (nSPS) is 12.2. The molecule has 0 unspecified atom stereocenters. The second kappa shape index (κ2) is 3.25. The minimum Gasteiger partial charge on any atom is -0.0820 e. The summed E-state index contributed by atoms with van der Waals surface area (Å²) in [5.74, 6) is 0. The van der Waals surface area contributed by atoms with Crippen LogP contribution < -0.4 is 0 Å². The quantitative estimate of drug-likeness (QED) is 0.525. The molecule has 1 heteroatoms. The van der Waals surface area contributed by atoms with Crippen LogP contribution in [0, 0.1) is 5.54 Å². The molecule has 0 aromatic heterocycles. The van der Waals surface area contributed by atoms with Crippen LogP contribution in [0.2, 0.25) is 0 Å². The van der Waals surface area contributed by atoms with E-state index in [2.05, 4.69) is 29.8 Å². The third kappa shape index (κ3) is 1.15. The molecule has 0 N–H and O–H groups in total. The molecular weight excluding hydrogens is 204 g/mol. The Bertz CT molecular complexity index is 505. The van der Waals surface area contributed by atoms with E-state index in [1.165, 1.54) is 22.3 Å². The Balaban J connectivity index is 2.41. The first kappa shape index (κ1) is 8.75. The fourth-order valence-corrected chi connectivity index (χ4v) is 2.32. The minimum absolute atomic E-state index is 1.00. The van der Waals surface area contributed by atoms with Gasteiger partial charge in [-0.25, -0.2) is 0 Å². The summed E-state index contributed by atoms with van der Waals surface area (Å²) in [6, 6.07) is 16.6. The van der Waals surface area contributed by atoms with Crippen molar-refractivity contribution in [2.75, 3.05) is 0 Å². The molecule has 1 radical (unpaired) electrons. The zero-order chi connectivity index (χ0) is 10.3. The number of hydrogen-bond acceptors (Lipinski definition) is 0. The van der Waals surface area contributed by atoms with E-state index in [9.17, 15) is 0 Å². The van der Waals surface area contributed by atoms with Gasteiger partial charge in [-0.2, -0.15) is 0 Å². The van der Waals surface area contributed by atoms with Crippen molar-refractivity contribution in [1.29, 1.82) is 0 Å². The Hall–Kier alpha value is -1.53. The SMILES string of the molecule is Cl[C]=C1c2ccccc2-c2ccccc21. The van der Waals surface area contributed by atoms with Crippen molar-refractivity contribution in [3.63, 3.8) is 0 Å². The van der Waals surface area contributed by atoms with E-state index in [1.807, 2.05) is 24.3 Å². The number of rotatable bonds is 0. The highest BCUT2D eigenvalue weighted by molar-refractivity contribution is 6.26. The van der Waals surface area contributed by atoms with Crippen molar-refractivity contribution in [3.05, 3.63) is 65.2 Å². The molecule has 1 aliphatic rings. The zero-order valence-corrected chi connectivity index (χ0v) is 8.75. The molecule has 0 amide bonds. The van der Waals surface area contributed by atoms with E-state index in [0.29, 0.717) is 0 Å². The number of fused-ring (bicyclic) bond motifs is 3. The largest absolute Gasteiger partial charge is 0.0820 e. The summed E-state index contributed by atoms with van der Waals surface area (Å²) in [5.41, 5.74) is 8.61. The topological polar surface area (TPSA) is 0 Å². The van der Waals surface area contributed by atoms with E-state index in [1.54, 1.807) is 0 Å². The molecule has 71 valence electrons. The van der Waals surface area contributed by atoms with Gasteiger partial charge in [0.2, 0.25) is 0 Å². The number of halogens is 1. The van der Waals surface area contributed by atoms with E-state index in [-0.39, 0.29) is 0 Å². The third-order valence-electron chi connectivity index (χ3n) is 2.78. The molecule has 0 saturated carbocycles. The van der Waals surface area contributed by atoms with Gasteiger partial charge in [0.15, 0.2) is 0 Å². The van der Waals surface area contributed by atoms with Crippen LogP contribution in [0.25, 0.3) is 16.7 Å². The summed E-state index contributed by atoms with van der Waals surface area (Å²) in [6.07, 6.45) is 0. The first-order valence-corrected chi connectivity index (χ1v) is 5.22. The molecule has 2 aromatic rings. The highest BCUT2D eigenvalue weighted by atomic mass is 35.5. The first-order chi connectivity index (χ1) is 7.42. The van der Waals surface area contributed by atoms with Gasteiger partial charge in [0.05, 0.1) is 5.54 Å². The van der Waals surface area contributed by atoms with Gasteiger partial charge >= 0.3 is 0 Å². The predicted molar refractivity (Wildman–Crippen MR) is 63.5 cm³/mol. The Morgan fingerprint density at radius 3 is 1.47 bits per heavy atom. The van der Waals surface area contributed by atoms with Crippen LogP contribution in [-0.4, -0.2) is 0 Å². The molecular formula is C14H8Cl. The van der Waals surface area contributed by atoms with Crippen molar-refractivity contribution < 1.29 is 0 Å². The average molecular weight is 212 g/mol. The lowest BCUT2D eigenvalue weighted by Gasteiger charge is -1.97. The van der Waals surface area contributed by atoms with Crippen molar-refractivity contribution in [1.82, 2.24) is 0 Å². The maximum Gasteiger partial charge on any atom is 0.0683 e. The Morgan fingerprint density at radius 1 is 0.667 bits per heavy atom. The Morgan fingerprint density at radius 2 is 1.07 bits per heavy atom. The fraction of sp³-hybridized carbons (Fsp3) is 0. The maximum atomic E-state index is 5.78. The van der Waals surface area contributed by atoms with Gasteiger partial charge in [-0.1, -0.05) is 60.1 Å². The second-order valence-electron chi connectivity index (χ2n) is 3.56. The highest BCUT2D eigenvalue weighted by Gasteiger charge is 2.21. The van der Waals surface area contributed by atoms with Crippen molar-refractivity contribution in [3.8, 4) is 11.1 Å². The van der Waals surface area contributed by atoms with Crippen molar-refractivity contribution >= 4 is 17.2 Å². The molecule has 0 atom stereocenters. The van der Waals surface area contributed by atoms with Gasteiger partial charge < -0.3 is 0 Å². The third-order valence-corrected chi connectivity index (χ3v) is 2.97. The second-order valence-corrected chi connectivity index (χ2v) is 3.75. The summed E-state index contributed by atoms with van der Waals surface area (Å²) in [5, 5.41) is 0. The van der Waals surface area contributed by atoms with Crippen LogP contribution in [0.5, 0.6) is 0 Å². The van der Waals surface area contributed by atoms with Gasteiger partial charge in [0, 0.05) is 5.57 Å². The van der Waals surface area contributed by atoms with Gasteiger partial charge in [-0.15, -0.1) is 0 Å². The van der Waals surface area contributed by atoms with Crippen LogP contribution in [0.1, 0.15) is 11.1 Å². The summed E-state index contributed by atoms with van der Waals surface area (Å²) in [7, 11) is 0. The molecule has 2 aromatic carbocycles. The van der Waals surface area contributed by atoms with E-state index < -0.39 is 0 Å². The van der Waals surface area contributed by atoms with Gasteiger partial charge in [0.1, 0.15) is 0 Å². The molecule has 0 saturated heterocycles. The predicted octanol–water partition coefficient (Wildman–Crippen LogP) is 4.10. The van der Waals surface area contributed by atoms with Crippen LogP contribution in [-0.2, 0) is 0 Å². The number of hydrogen-bond donors (Lipinski definition) is 0. The lowest BCUT2D eigenvalue weighted by Crippen LogP contribution is -1.78. The van der Waals surface area contributed by atoms with E-state index in [4.69, 9.17) is 11.6 Å². The smallest absolute Gasteiger partial charge is 0.0683 e. The van der Waals surface area contributed by atoms with Crippen LogP contribution in [0.15, 0.2) is 48.5 Å².